The number of carbonyl (C=O) groups is 1. The molecule has 4 nitrogen and oxygen atoms in total. The van der Waals surface area contributed by atoms with Crippen LogP contribution in [-0.2, 0) is 4.79 Å². The van der Waals surface area contributed by atoms with Crippen LogP contribution in [0, 0.1) is 17.0 Å². The van der Waals surface area contributed by atoms with Crippen LogP contribution >= 0.6 is 0 Å². The molecule has 0 aliphatic carbocycles. The number of amides is 1. The van der Waals surface area contributed by atoms with E-state index in [2.05, 4.69) is 4.90 Å². The van der Waals surface area contributed by atoms with Crippen molar-refractivity contribution in [3.05, 3.63) is 35.4 Å². The van der Waals surface area contributed by atoms with Crippen molar-refractivity contribution in [2.45, 2.75) is 39.8 Å². The molecule has 24 heavy (non-hydrogen) atoms. The Labute approximate surface area is 142 Å². The van der Waals surface area contributed by atoms with Crippen LogP contribution in [-0.4, -0.2) is 47.9 Å². The molecule has 1 aromatic rings. The van der Waals surface area contributed by atoms with E-state index in [1.807, 2.05) is 27.7 Å². The van der Waals surface area contributed by atoms with Crippen molar-refractivity contribution in [3.63, 3.8) is 0 Å². The monoisotopic (exact) mass is 339 g/mol. The summed E-state index contributed by atoms with van der Waals surface area (Å²) in [5, 5.41) is 0. The lowest BCUT2D eigenvalue weighted by molar-refractivity contribution is -0.137. The van der Waals surface area contributed by atoms with E-state index >= 15 is 0 Å². The van der Waals surface area contributed by atoms with E-state index in [-0.39, 0.29) is 17.4 Å². The molecule has 0 aromatic heterocycles. The third-order valence-electron chi connectivity index (χ3n) is 4.79. The van der Waals surface area contributed by atoms with Gasteiger partial charge in [0.2, 0.25) is 5.91 Å². The number of halogens is 2. The first-order valence-electron chi connectivity index (χ1n) is 8.34. The van der Waals surface area contributed by atoms with Crippen LogP contribution in [0.3, 0.4) is 0 Å². The molecule has 1 fully saturated rings. The van der Waals surface area contributed by atoms with Crippen LogP contribution in [0.25, 0.3) is 0 Å². The Hall–Kier alpha value is -1.53. The molecule has 1 aliphatic rings. The zero-order valence-corrected chi connectivity index (χ0v) is 14.9. The summed E-state index contributed by atoms with van der Waals surface area (Å²) in [6.45, 7) is 10.2. The molecule has 2 N–H and O–H groups in total. The van der Waals surface area contributed by atoms with Crippen molar-refractivity contribution in [2.24, 2.45) is 11.1 Å². The summed E-state index contributed by atoms with van der Waals surface area (Å²) in [5.41, 5.74) is 6.25. The van der Waals surface area contributed by atoms with Crippen molar-refractivity contribution in [3.8, 4) is 0 Å². The summed E-state index contributed by atoms with van der Waals surface area (Å²) in [5.74, 6) is -1.14. The minimum Gasteiger partial charge on any atom is -0.339 e. The van der Waals surface area contributed by atoms with Gasteiger partial charge in [0.15, 0.2) is 0 Å². The third kappa shape index (κ3) is 4.11. The second kappa shape index (κ2) is 7.15. The normalized spacial score (nSPS) is 19.2. The maximum absolute atomic E-state index is 14.0. The van der Waals surface area contributed by atoms with E-state index in [0.29, 0.717) is 31.7 Å². The van der Waals surface area contributed by atoms with Crippen molar-refractivity contribution in [1.29, 1.82) is 0 Å². The van der Waals surface area contributed by atoms with Gasteiger partial charge in [-0.2, -0.15) is 0 Å². The number of hydrogen-bond donors (Lipinski definition) is 1. The zero-order valence-electron chi connectivity index (χ0n) is 14.9. The molecule has 0 bridgehead atoms. The molecule has 1 aliphatic heterocycles. The fraction of sp³-hybridized carbons (Fsp3) is 0.611. The van der Waals surface area contributed by atoms with Gasteiger partial charge >= 0.3 is 0 Å². The molecule has 1 aromatic carbocycles. The Morgan fingerprint density at radius 2 is 1.75 bits per heavy atom. The quantitative estimate of drug-likeness (QED) is 0.921. The van der Waals surface area contributed by atoms with Gasteiger partial charge in [-0.1, -0.05) is 26.8 Å². The fourth-order valence-electron chi connectivity index (χ4n) is 2.93. The highest BCUT2D eigenvalue weighted by molar-refractivity contribution is 5.82. The molecule has 0 saturated carbocycles. The molecule has 1 amide bonds. The lowest BCUT2D eigenvalue weighted by Crippen LogP contribution is -2.56. The molecule has 6 heteroatoms. The lowest BCUT2D eigenvalue weighted by Gasteiger charge is -2.40. The molecule has 134 valence electrons. The standard InChI is InChI=1S/C18H27F2N3O/c1-12(14-6-5-13(19)11-15(14)20)22-7-9-23(10-8-22)17(24)16(21)18(2,3)4/h5-6,11-12,16H,7-10,21H2,1-4H3/t12?,16-/m1/s1. The van der Waals surface area contributed by atoms with Crippen LogP contribution in [0.15, 0.2) is 18.2 Å². The average Bonchev–Trinajstić information content (AvgIpc) is 2.52. The number of nitrogens with two attached hydrogens (primary N) is 1. The minimum atomic E-state index is -0.574. The van der Waals surface area contributed by atoms with E-state index in [1.54, 1.807) is 4.90 Å². The maximum atomic E-state index is 14.0. The number of piperazine rings is 1. The van der Waals surface area contributed by atoms with Crippen molar-refractivity contribution in [1.82, 2.24) is 9.80 Å². The molecule has 2 atom stereocenters. The number of benzene rings is 1. The second-order valence-corrected chi connectivity index (χ2v) is 7.55. The largest absolute Gasteiger partial charge is 0.339 e. The summed E-state index contributed by atoms with van der Waals surface area (Å²) in [7, 11) is 0. The first kappa shape index (κ1) is 18.8. The Kier molecular flexibility index (Phi) is 5.60. The van der Waals surface area contributed by atoms with Gasteiger partial charge in [-0.15, -0.1) is 0 Å². The highest BCUT2D eigenvalue weighted by Crippen LogP contribution is 2.25. The van der Waals surface area contributed by atoms with Gasteiger partial charge in [-0.3, -0.25) is 9.69 Å². The zero-order chi connectivity index (χ0) is 18.1. The molecule has 1 saturated heterocycles. The molecule has 0 radical (unpaired) electrons. The van der Waals surface area contributed by atoms with Crippen LogP contribution in [0.2, 0.25) is 0 Å². The van der Waals surface area contributed by atoms with E-state index in [4.69, 9.17) is 5.73 Å². The van der Waals surface area contributed by atoms with Gasteiger partial charge in [-0.05, 0) is 18.4 Å². The fourth-order valence-corrected chi connectivity index (χ4v) is 2.93. The number of hydrogen-bond acceptors (Lipinski definition) is 3. The summed E-state index contributed by atoms with van der Waals surface area (Å²) >= 11 is 0. The summed E-state index contributed by atoms with van der Waals surface area (Å²) in [6.07, 6.45) is 0. The molecular weight excluding hydrogens is 312 g/mol. The predicted molar refractivity (Wildman–Crippen MR) is 90.4 cm³/mol. The van der Waals surface area contributed by atoms with Crippen LogP contribution in [0.1, 0.15) is 39.3 Å². The maximum Gasteiger partial charge on any atom is 0.240 e. The lowest BCUT2D eigenvalue weighted by atomic mass is 9.86. The van der Waals surface area contributed by atoms with E-state index in [9.17, 15) is 13.6 Å². The molecule has 1 unspecified atom stereocenters. The summed E-state index contributed by atoms with van der Waals surface area (Å²) in [4.78, 5) is 16.3. The van der Waals surface area contributed by atoms with Gasteiger partial charge in [0.05, 0.1) is 6.04 Å². The van der Waals surface area contributed by atoms with Gasteiger partial charge in [0.25, 0.3) is 0 Å². The Bertz CT molecular complexity index is 592. The first-order chi connectivity index (χ1) is 11.1. The van der Waals surface area contributed by atoms with Crippen LogP contribution in [0.4, 0.5) is 8.78 Å². The molecule has 2 rings (SSSR count). The third-order valence-corrected chi connectivity index (χ3v) is 4.79. The van der Waals surface area contributed by atoms with Gasteiger partial charge in [-0.25, -0.2) is 8.78 Å². The number of rotatable bonds is 3. The Morgan fingerprint density at radius 1 is 1.17 bits per heavy atom. The summed E-state index contributed by atoms with van der Waals surface area (Å²) in [6, 6.07) is 2.98. The first-order valence-corrected chi connectivity index (χ1v) is 8.34. The Morgan fingerprint density at radius 3 is 2.25 bits per heavy atom. The van der Waals surface area contributed by atoms with E-state index in [0.717, 1.165) is 6.07 Å². The van der Waals surface area contributed by atoms with Gasteiger partial charge < -0.3 is 10.6 Å². The predicted octanol–water partition coefficient (Wildman–Crippen LogP) is 2.54. The van der Waals surface area contributed by atoms with Crippen molar-refractivity contribution >= 4 is 5.91 Å². The van der Waals surface area contributed by atoms with E-state index in [1.165, 1.54) is 12.1 Å². The highest BCUT2D eigenvalue weighted by Gasteiger charge is 2.33. The molecule has 1 heterocycles. The van der Waals surface area contributed by atoms with Crippen molar-refractivity contribution in [2.75, 3.05) is 26.2 Å². The topological polar surface area (TPSA) is 49.6 Å². The Balaban J connectivity index is 1.98. The number of carbonyl (C=O) groups excluding carboxylic acids is 1. The highest BCUT2D eigenvalue weighted by atomic mass is 19.1. The van der Waals surface area contributed by atoms with Crippen LogP contribution < -0.4 is 5.73 Å². The average molecular weight is 339 g/mol. The van der Waals surface area contributed by atoms with Gasteiger partial charge in [0.1, 0.15) is 11.6 Å². The van der Waals surface area contributed by atoms with Crippen molar-refractivity contribution < 1.29 is 13.6 Å². The SMILES string of the molecule is CC(c1ccc(F)cc1F)N1CCN(C(=O)[C@@H](N)C(C)(C)C)CC1. The summed E-state index contributed by atoms with van der Waals surface area (Å²) < 4.78 is 27.0. The smallest absolute Gasteiger partial charge is 0.240 e. The molecular formula is C18H27F2N3O. The second-order valence-electron chi connectivity index (χ2n) is 7.55. The van der Waals surface area contributed by atoms with Crippen LogP contribution in [0.5, 0.6) is 0 Å². The number of nitrogens with zero attached hydrogens (tertiary/aromatic N) is 2. The van der Waals surface area contributed by atoms with Gasteiger partial charge in [0, 0.05) is 43.9 Å². The van der Waals surface area contributed by atoms with E-state index < -0.39 is 17.7 Å². The molecule has 0 spiro atoms. The minimum absolute atomic E-state index is 0.0391.